The number of oxazole rings is 1. The van der Waals surface area contributed by atoms with Gasteiger partial charge in [-0.05, 0) is 37.2 Å². The van der Waals surface area contributed by atoms with Gasteiger partial charge in [-0.2, -0.15) is 0 Å². The molecule has 6 heteroatoms. The predicted molar refractivity (Wildman–Crippen MR) is 89.3 cm³/mol. The maximum atomic E-state index is 12.2. The Kier molecular flexibility index (Phi) is 4.98. The van der Waals surface area contributed by atoms with Gasteiger partial charge in [-0.3, -0.25) is 4.79 Å². The maximum Gasteiger partial charge on any atom is 0.223 e. The number of hydrogen-bond donors (Lipinski definition) is 1. The Morgan fingerprint density at radius 3 is 2.91 bits per heavy atom. The molecule has 122 valence electrons. The largest absolute Gasteiger partial charge is 0.441 e. The van der Waals surface area contributed by atoms with Crippen LogP contribution in [0.5, 0.6) is 0 Å². The van der Waals surface area contributed by atoms with E-state index in [0.717, 1.165) is 25.1 Å². The van der Waals surface area contributed by atoms with E-state index in [0.29, 0.717) is 35.6 Å². The van der Waals surface area contributed by atoms with Crippen molar-refractivity contribution in [1.29, 1.82) is 0 Å². The molecule has 1 atom stereocenters. The summed E-state index contributed by atoms with van der Waals surface area (Å²) in [5.74, 6) is 1.41. The van der Waals surface area contributed by atoms with E-state index in [2.05, 4.69) is 10.3 Å². The zero-order valence-electron chi connectivity index (χ0n) is 13.1. The summed E-state index contributed by atoms with van der Waals surface area (Å²) in [6.45, 7) is 1.86. The van der Waals surface area contributed by atoms with Crippen molar-refractivity contribution in [2.45, 2.75) is 25.3 Å². The standard InChI is InChI=1S/C17H20ClN3O2/c1-21(14-8-9-19-10-14)17(22)7-6-16-20-11-15(23-16)12-2-4-13(18)5-3-12/h2-5,11,14,19H,6-10H2,1H3. The number of carbonyl (C=O) groups is 1. The fourth-order valence-corrected chi connectivity index (χ4v) is 2.86. The number of carbonyl (C=O) groups excluding carboxylic acids is 1. The van der Waals surface area contributed by atoms with Crippen molar-refractivity contribution >= 4 is 17.5 Å². The van der Waals surface area contributed by atoms with Gasteiger partial charge in [0.2, 0.25) is 5.91 Å². The van der Waals surface area contributed by atoms with Crippen LogP contribution in [0.3, 0.4) is 0 Å². The van der Waals surface area contributed by atoms with E-state index in [4.69, 9.17) is 16.0 Å². The number of benzene rings is 1. The molecule has 1 amide bonds. The molecule has 1 aliphatic rings. The van der Waals surface area contributed by atoms with Crippen LogP contribution in [0.25, 0.3) is 11.3 Å². The molecular formula is C17H20ClN3O2. The van der Waals surface area contributed by atoms with Crippen LogP contribution in [0.2, 0.25) is 5.02 Å². The first kappa shape index (κ1) is 16.0. The third kappa shape index (κ3) is 3.92. The third-order valence-corrected chi connectivity index (χ3v) is 4.46. The van der Waals surface area contributed by atoms with E-state index < -0.39 is 0 Å². The second-order valence-electron chi connectivity index (χ2n) is 5.78. The lowest BCUT2D eigenvalue weighted by Gasteiger charge is -2.23. The van der Waals surface area contributed by atoms with Crippen molar-refractivity contribution in [2.75, 3.05) is 20.1 Å². The summed E-state index contributed by atoms with van der Waals surface area (Å²) in [6.07, 6.45) is 3.63. The van der Waals surface area contributed by atoms with Crippen LogP contribution in [0.15, 0.2) is 34.9 Å². The Bertz CT molecular complexity index is 663. The number of amides is 1. The van der Waals surface area contributed by atoms with Crippen molar-refractivity contribution in [1.82, 2.24) is 15.2 Å². The number of likely N-dealkylation sites (N-methyl/N-ethyl adjacent to an activating group) is 1. The molecule has 2 aromatic rings. The first-order valence-corrected chi connectivity index (χ1v) is 8.18. The number of halogens is 1. The highest BCUT2D eigenvalue weighted by Gasteiger charge is 2.23. The van der Waals surface area contributed by atoms with E-state index in [1.54, 1.807) is 6.20 Å². The number of hydrogen-bond acceptors (Lipinski definition) is 4. The maximum absolute atomic E-state index is 12.2. The Morgan fingerprint density at radius 2 is 2.22 bits per heavy atom. The number of aromatic nitrogens is 1. The van der Waals surface area contributed by atoms with Gasteiger partial charge in [0.15, 0.2) is 11.7 Å². The molecule has 2 heterocycles. The van der Waals surface area contributed by atoms with E-state index >= 15 is 0 Å². The molecule has 0 aliphatic carbocycles. The lowest BCUT2D eigenvalue weighted by atomic mass is 10.2. The van der Waals surface area contributed by atoms with Gasteiger partial charge in [-0.15, -0.1) is 0 Å². The molecule has 1 aromatic heterocycles. The third-order valence-electron chi connectivity index (χ3n) is 4.21. The van der Waals surface area contributed by atoms with Gasteiger partial charge >= 0.3 is 0 Å². The van der Waals surface area contributed by atoms with Crippen molar-refractivity contribution in [2.24, 2.45) is 0 Å². The minimum absolute atomic E-state index is 0.130. The van der Waals surface area contributed by atoms with Crippen molar-refractivity contribution < 1.29 is 9.21 Å². The molecule has 0 saturated carbocycles. The Hall–Kier alpha value is -1.85. The Labute approximate surface area is 140 Å². The monoisotopic (exact) mass is 333 g/mol. The summed E-state index contributed by atoms with van der Waals surface area (Å²) in [7, 11) is 1.87. The summed E-state index contributed by atoms with van der Waals surface area (Å²) >= 11 is 5.88. The molecule has 0 radical (unpaired) electrons. The highest BCUT2D eigenvalue weighted by molar-refractivity contribution is 6.30. The lowest BCUT2D eigenvalue weighted by molar-refractivity contribution is -0.131. The molecule has 0 bridgehead atoms. The molecule has 1 fully saturated rings. The van der Waals surface area contributed by atoms with E-state index in [1.807, 2.05) is 36.2 Å². The molecule has 5 nitrogen and oxygen atoms in total. The van der Waals surface area contributed by atoms with Crippen molar-refractivity contribution in [3.05, 3.63) is 41.4 Å². The number of nitrogens with zero attached hydrogens (tertiary/aromatic N) is 2. The van der Waals surface area contributed by atoms with Gasteiger partial charge < -0.3 is 14.6 Å². The predicted octanol–water partition coefficient (Wildman–Crippen LogP) is 2.75. The fourth-order valence-electron chi connectivity index (χ4n) is 2.74. The number of aryl methyl sites for hydroxylation is 1. The van der Waals surface area contributed by atoms with Crippen LogP contribution in [0.1, 0.15) is 18.7 Å². The SMILES string of the molecule is CN(C(=O)CCc1ncc(-c2ccc(Cl)cc2)o1)C1CCNC1. The number of nitrogens with one attached hydrogen (secondary N) is 1. The average molecular weight is 334 g/mol. The van der Waals surface area contributed by atoms with Crippen LogP contribution >= 0.6 is 11.6 Å². The van der Waals surface area contributed by atoms with E-state index in [9.17, 15) is 4.79 Å². The first-order valence-electron chi connectivity index (χ1n) is 7.80. The Balaban J connectivity index is 1.56. The molecule has 1 N–H and O–H groups in total. The molecule has 1 saturated heterocycles. The topological polar surface area (TPSA) is 58.4 Å². The second-order valence-corrected chi connectivity index (χ2v) is 6.21. The van der Waals surface area contributed by atoms with E-state index in [-0.39, 0.29) is 5.91 Å². The highest BCUT2D eigenvalue weighted by Crippen LogP contribution is 2.22. The summed E-state index contributed by atoms with van der Waals surface area (Å²) < 4.78 is 5.73. The van der Waals surface area contributed by atoms with Crippen LogP contribution < -0.4 is 5.32 Å². The highest BCUT2D eigenvalue weighted by atomic mass is 35.5. The normalized spacial score (nSPS) is 17.4. The zero-order chi connectivity index (χ0) is 16.2. The zero-order valence-corrected chi connectivity index (χ0v) is 13.8. The van der Waals surface area contributed by atoms with Gasteiger partial charge in [0.25, 0.3) is 0 Å². The van der Waals surface area contributed by atoms with Crippen LogP contribution in [0.4, 0.5) is 0 Å². The van der Waals surface area contributed by atoms with Crippen LogP contribution in [-0.2, 0) is 11.2 Å². The summed E-state index contributed by atoms with van der Waals surface area (Å²) in [5, 5.41) is 3.96. The van der Waals surface area contributed by atoms with Crippen LogP contribution in [0, 0.1) is 0 Å². The van der Waals surface area contributed by atoms with E-state index in [1.165, 1.54) is 0 Å². The van der Waals surface area contributed by atoms with Gasteiger partial charge in [0.1, 0.15) is 0 Å². The fraction of sp³-hybridized carbons (Fsp3) is 0.412. The summed E-state index contributed by atoms with van der Waals surface area (Å²) in [4.78, 5) is 18.3. The van der Waals surface area contributed by atoms with Crippen molar-refractivity contribution in [3.8, 4) is 11.3 Å². The molecule has 0 spiro atoms. The second kappa shape index (κ2) is 7.15. The quantitative estimate of drug-likeness (QED) is 0.914. The summed E-state index contributed by atoms with van der Waals surface area (Å²) in [6, 6.07) is 7.70. The minimum Gasteiger partial charge on any atom is -0.441 e. The minimum atomic E-state index is 0.130. The Morgan fingerprint density at radius 1 is 1.43 bits per heavy atom. The first-order chi connectivity index (χ1) is 11.1. The van der Waals surface area contributed by atoms with Gasteiger partial charge in [0.05, 0.1) is 6.20 Å². The van der Waals surface area contributed by atoms with Gasteiger partial charge in [0, 0.05) is 43.1 Å². The van der Waals surface area contributed by atoms with Gasteiger partial charge in [-0.1, -0.05) is 11.6 Å². The number of rotatable bonds is 5. The van der Waals surface area contributed by atoms with Crippen molar-refractivity contribution in [3.63, 3.8) is 0 Å². The lowest BCUT2D eigenvalue weighted by Crippen LogP contribution is -2.38. The molecule has 1 unspecified atom stereocenters. The van der Waals surface area contributed by atoms with Crippen LogP contribution in [-0.4, -0.2) is 42.0 Å². The smallest absolute Gasteiger partial charge is 0.223 e. The average Bonchev–Trinajstić information content (AvgIpc) is 3.24. The van der Waals surface area contributed by atoms with Gasteiger partial charge in [-0.25, -0.2) is 4.98 Å². The molecule has 1 aromatic carbocycles. The molecule has 23 heavy (non-hydrogen) atoms. The summed E-state index contributed by atoms with van der Waals surface area (Å²) in [5.41, 5.74) is 0.925. The molecular weight excluding hydrogens is 314 g/mol. The molecule has 1 aliphatic heterocycles. The molecule has 3 rings (SSSR count).